The molecule has 42 heavy (non-hydrogen) atoms. The molecule has 1 saturated carbocycles. The average molecular weight is 568 g/mol. The smallest absolute Gasteiger partial charge is 0.219 e. The summed E-state index contributed by atoms with van der Waals surface area (Å²) in [4.78, 5) is 23.8. The van der Waals surface area contributed by atoms with Gasteiger partial charge in [0.25, 0.3) is 0 Å². The van der Waals surface area contributed by atoms with Gasteiger partial charge >= 0.3 is 0 Å². The van der Waals surface area contributed by atoms with E-state index in [0.29, 0.717) is 18.0 Å². The van der Waals surface area contributed by atoms with Crippen molar-refractivity contribution in [3.05, 3.63) is 53.6 Å². The van der Waals surface area contributed by atoms with Gasteiger partial charge in [0.2, 0.25) is 5.91 Å². The van der Waals surface area contributed by atoms with E-state index in [1.54, 1.807) is 13.1 Å². The van der Waals surface area contributed by atoms with Crippen LogP contribution in [-0.4, -0.2) is 71.2 Å². The summed E-state index contributed by atoms with van der Waals surface area (Å²) in [6.07, 6.45) is 12.0. The lowest BCUT2D eigenvalue weighted by atomic mass is 9.58. The van der Waals surface area contributed by atoms with Gasteiger partial charge in [0.15, 0.2) is 0 Å². The number of hydrogen-bond donors (Lipinski definition) is 2. The van der Waals surface area contributed by atoms with Crippen molar-refractivity contribution in [2.75, 3.05) is 39.4 Å². The van der Waals surface area contributed by atoms with E-state index in [-0.39, 0.29) is 5.91 Å². The Kier molecular flexibility index (Phi) is 7.32. The van der Waals surface area contributed by atoms with Gasteiger partial charge in [0.1, 0.15) is 0 Å². The number of fused-ring (bicyclic) bond motifs is 2. The maximum absolute atomic E-state index is 12.3. The first kappa shape index (κ1) is 27.3. The van der Waals surface area contributed by atoms with Gasteiger partial charge < -0.3 is 20.7 Å². The van der Waals surface area contributed by atoms with Crippen LogP contribution in [0.5, 0.6) is 0 Å². The fraction of sp³-hybridized carbons (Fsp3) is 0.515. The van der Waals surface area contributed by atoms with Crippen molar-refractivity contribution in [2.24, 2.45) is 22.1 Å². The number of amides is 1. The molecule has 0 unspecified atom stereocenters. The molecule has 3 aliphatic heterocycles. The van der Waals surface area contributed by atoms with Gasteiger partial charge in [-0.1, -0.05) is 18.2 Å². The van der Waals surface area contributed by atoms with Crippen LogP contribution in [0.2, 0.25) is 0 Å². The van der Waals surface area contributed by atoms with Gasteiger partial charge in [-0.15, -0.1) is 0 Å². The van der Waals surface area contributed by atoms with E-state index >= 15 is 0 Å². The quantitative estimate of drug-likeness (QED) is 0.416. The second-order valence-electron chi connectivity index (χ2n) is 12.7. The van der Waals surface area contributed by atoms with Crippen LogP contribution >= 0.6 is 0 Å². The number of rotatable bonds is 7. The standard InChI is InChI=1S/C33H41N7O2/c1-22(41)39-10-6-31-29(19-39)32(38-40(31)26-7-11-42-12-8-26)27-4-2-3-24-13-30(37-18-28(24)27)25(16-34)17-35-9-5-23-14-33(15-23)20-36-21-33/h2-4,13,16-18,23,26,36H,5-12,14-15,19-21,34H2,1H3/b25-16+,35-17?. The highest BCUT2D eigenvalue weighted by atomic mass is 16.5. The van der Waals surface area contributed by atoms with E-state index in [1.807, 2.05) is 17.3 Å². The summed E-state index contributed by atoms with van der Waals surface area (Å²) in [5, 5.41) is 10.8. The van der Waals surface area contributed by atoms with E-state index in [2.05, 4.69) is 34.3 Å². The zero-order chi connectivity index (χ0) is 28.7. The molecule has 5 heterocycles. The molecular weight excluding hydrogens is 526 g/mol. The van der Waals surface area contributed by atoms with Crippen molar-refractivity contribution >= 4 is 28.5 Å². The Balaban J connectivity index is 1.15. The summed E-state index contributed by atoms with van der Waals surface area (Å²) >= 11 is 0. The van der Waals surface area contributed by atoms with Crippen LogP contribution in [-0.2, 0) is 22.5 Å². The lowest BCUT2D eigenvalue weighted by Crippen LogP contribution is -2.60. The first-order valence-corrected chi connectivity index (χ1v) is 15.5. The van der Waals surface area contributed by atoms with Crippen molar-refractivity contribution in [1.82, 2.24) is 25.0 Å². The highest BCUT2D eigenvalue weighted by Crippen LogP contribution is 2.49. The number of pyridine rings is 1. The van der Waals surface area contributed by atoms with Crippen molar-refractivity contribution in [1.29, 1.82) is 0 Å². The first-order chi connectivity index (χ1) is 20.5. The van der Waals surface area contributed by atoms with E-state index < -0.39 is 0 Å². The average Bonchev–Trinajstić information content (AvgIpc) is 3.36. The zero-order valence-electron chi connectivity index (χ0n) is 24.5. The summed E-state index contributed by atoms with van der Waals surface area (Å²) in [7, 11) is 0. The topological polar surface area (TPSA) is 111 Å². The molecule has 9 heteroatoms. The second-order valence-corrected chi connectivity index (χ2v) is 12.7. The highest BCUT2D eigenvalue weighted by molar-refractivity contribution is 6.10. The van der Waals surface area contributed by atoms with Gasteiger partial charge in [-0.05, 0) is 54.9 Å². The molecule has 7 rings (SSSR count). The Morgan fingerprint density at radius 3 is 2.83 bits per heavy atom. The van der Waals surface area contributed by atoms with Crippen molar-refractivity contribution in [2.45, 2.75) is 58.0 Å². The molecule has 0 bridgehead atoms. The largest absolute Gasteiger partial charge is 0.404 e. The fourth-order valence-corrected chi connectivity index (χ4v) is 7.45. The first-order valence-electron chi connectivity index (χ1n) is 15.5. The van der Waals surface area contributed by atoms with E-state index in [4.69, 9.17) is 25.5 Å². The Morgan fingerprint density at radius 1 is 1.26 bits per heavy atom. The molecule has 0 atom stereocenters. The predicted octanol–water partition coefficient (Wildman–Crippen LogP) is 4.11. The molecule has 3 N–H and O–H groups in total. The number of nitrogens with two attached hydrogens (primary N) is 1. The SMILES string of the molecule is CC(=O)N1CCc2c(c(-c3cccc4cc(/C(C=NCCC5CC6(CNC6)C5)=C/N)ncc34)nn2C2CCOCC2)C1. The molecule has 1 spiro atoms. The predicted molar refractivity (Wildman–Crippen MR) is 165 cm³/mol. The summed E-state index contributed by atoms with van der Waals surface area (Å²) < 4.78 is 7.88. The summed E-state index contributed by atoms with van der Waals surface area (Å²) in [6.45, 7) is 7.69. The zero-order valence-corrected chi connectivity index (χ0v) is 24.5. The lowest BCUT2D eigenvalue weighted by molar-refractivity contribution is -0.129. The number of nitrogens with zero attached hydrogens (tertiary/aromatic N) is 5. The number of nitrogens with one attached hydrogen (secondary N) is 1. The van der Waals surface area contributed by atoms with E-state index in [0.717, 1.165) is 96.8 Å². The molecule has 9 nitrogen and oxygen atoms in total. The lowest BCUT2D eigenvalue weighted by Gasteiger charge is -2.54. The third-order valence-electron chi connectivity index (χ3n) is 9.90. The normalized spacial score (nSPS) is 21.1. The molecule has 0 radical (unpaired) electrons. The Hall–Kier alpha value is -3.56. The number of hydrogen-bond acceptors (Lipinski definition) is 7. The van der Waals surface area contributed by atoms with Gasteiger partial charge in [-0.3, -0.25) is 19.5 Å². The van der Waals surface area contributed by atoms with Gasteiger partial charge in [0, 0.05) is 106 Å². The summed E-state index contributed by atoms with van der Waals surface area (Å²) in [5.41, 5.74) is 12.7. The number of aromatic nitrogens is 3. The number of carbonyl (C=O) groups is 1. The van der Waals surface area contributed by atoms with Crippen molar-refractivity contribution in [3.8, 4) is 11.3 Å². The maximum Gasteiger partial charge on any atom is 0.219 e. The number of benzene rings is 1. The maximum atomic E-state index is 12.3. The molecule has 1 aromatic carbocycles. The minimum Gasteiger partial charge on any atom is -0.404 e. The van der Waals surface area contributed by atoms with E-state index in [1.165, 1.54) is 31.6 Å². The minimum absolute atomic E-state index is 0.102. The van der Waals surface area contributed by atoms with Crippen LogP contribution in [0.1, 0.15) is 62.0 Å². The minimum atomic E-state index is 0.102. The molecule has 1 amide bonds. The second kappa shape index (κ2) is 11.3. The Labute approximate surface area is 247 Å². The van der Waals surface area contributed by atoms with Crippen LogP contribution in [0.3, 0.4) is 0 Å². The van der Waals surface area contributed by atoms with Gasteiger partial charge in [0.05, 0.1) is 17.4 Å². The van der Waals surface area contributed by atoms with Crippen LogP contribution in [0.25, 0.3) is 27.6 Å². The van der Waals surface area contributed by atoms with Crippen LogP contribution in [0.4, 0.5) is 0 Å². The molecule has 2 saturated heterocycles. The van der Waals surface area contributed by atoms with E-state index in [9.17, 15) is 4.79 Å². The summed E-state index contributed by atoms with van der Waals surface area (Å²) in [6, 6.07) is 8.73. The molecule has 2 aromatic heterocycles. The highest BCUT2D eigenvalue weighted by Gasteiger charge is 2.47. The monoisotopic (exact) mass is 567 g/mol. The number of carbonyl (C=O) groups excluding carboxylic acids is 1. The van der Waals surface area contributed by atoms with Crippen LogP contribution in [0, 0.1) is 11.3 Å². The van der Waals surface area contributed by atoms with Gasteiger partial charge in [-0.2, -0.15) is 5.10 Å². The molecule has 1 aliphatic carbocycles. The number of ether oxygens (including phenoxy) is 1. The van der Waals surface area contributed by atoms with Crippen molar-refractivity contribution < 1.29 is 9.53 Å². The van der Waals surface area contributed by atoms with Gasteiger partial charge in [-0.25, -0.2) is 0 Å². The molecule has 220 valence electrons. The van der Waals surface area contributed by atoms with Crippen molar-refractivity contribution in [3.63, 3.8) is 0 Å². The van der Waals surface area contributed by atoms with Crippen LogP contribution in [0.15, 0.2) is 41.7 Å². The van der Waals surface area contributed by atoms with Crippen LogP contribution < -0.4 is 11.1 Å². The molecule has 3 fully saturated rings. The number of allylic oxidation sites excluding steroid dienone is 1. The fourth-order valence-electron chi connectivity index (χ4n) is 7.45. The number of aliphatic imine (C=N–C) groups is 1. The Bertz CT molecular complexity index is 1540. The third-order valence-corrected chi connectivity index (χ3v) is 9.90. The molecule has 3 aromatic rings. The molecular formula is C33H41N7O2. The Morgan fingerprint density at radius 2 is 2.10 bits per heavy atom. The third kappa shape index (κ3) is 5.02. The summed E-state index contributed by atoms with van der Waals surface area (Å²) in [5.74, 6) is 0.902. The molecule has 4 aliphatic rings.